The van der Waals surface area contributed by atoms with E-state index in [4.69, 9.17) is 17.3 Å². The van der Waals surface area contributed by atoms with E-state index in [-0.39, 0.29) is 12.4 Å². The number of hydrogen-bond acceptors (Lipinski definition) is 1. The minimum atomic E-state index is -4.25. The maximum absolute atomic E-state index is 12.1. The molecule has 0 amide bonds. The number of aryl methyl sites for hydroxylation is 1. The van der Waals surface area contributed by atoms with E-state index in [9.17, 15) is 13.2 Å². The zero-order chi connectivity index (χ0) is 11.6. The molecule has 0 aromatic heterocycles. The van der Waals surface area contributed by atoms with Crippen LogP contribution in [0.2, 0.25) is 5.02 Å². The van der Waals surface area contributed by atoms with Crippen molar-refractivity contribution in [3.05, 3.63) is 34.3 Å². The topological polar surface area (TPSA) is 26.0 Å². The van der Waals surface area contributed by atoms with Gasteiger partial charge in [0.05, 0.1) is 6.42 Å². The molecule has 1 aromatic carbocycles. The molecule has 0 bridgehead atoms. The Bertz CT molecular complexity index is 352. The molecule has 0 saturated carbocycles. The summed E-state index contributed by atoms with van der Waals surface area (Å²) < 4.78 is 36.2. The molecule has 1 atom stereocenters. The largest absolute Gasteiger partial charge is 0.390 e. The van der Waals surface area contributed by atoms with E-state index < -0.39 is 18.6 Å². The summed E-state index contributed by atoms with van der Waals surface area (Å²) in [6.45, 7) is 1.78. The smallest absolute Gasteiger partial charge is 0.324 e. The van der Waals surface area contributed by atoms with E-state index in [1.165, 1.54) is 6.07 Å². The SMILES string of the molecule is Cc1ccc([C@H](N)CC(F)(F)F)cc1Cl.Cl. The van der Waals surface area contributed by atoms with E-state index >= 15 is 0 Å². The Kier molecular flexibility index (Phi) is 5.59. The van der Waals surface area contributed by atoms with Crippen molar-refractivity contribution in [2.24, 2.45) is 5.73 Å². The van der Waals surface area contributed by atoms with E-state index in [0.717, 1.165) is 5.56 Å². The second kappa shape index (κ2) is 5.75. The van der Waals surface area contributed by atoms with Crippen LogP contribution in [0, 0.1) is 6.92 Å². The first-order chi connectivity index (χ1) is 6.79. The molecule has 0 fully saturated rings. The summed E-state index contributed by atoms with van der Waals surface area (Å²) in [7, 11) is 0. The number of hydrogen-bond donors (Lipinski definition) is 1. The molecular weight excluding hydrogens is 262 g/mol. The first kappa shape index (κ1) is 15.5. The van der Waals surface area contributed by atoms with Gasteiger partial charge in [-0.05, 0) is 24.1 Å². The average Bonchev–Trinajstić information content (AvgIpc) is 2.06. The zero-order valence-electron chi connectivity index (χ0n) is 8.51. The van der Waals surface area contributed by atoms with Gasteiger partial charge in [0.2, 0.25) is 0 Å². The molecule has 6 heteroatoms. The Morgan fingerprint density at radius 3 is 2.38 bits per heavy atom. The van der Waals surface area contributed by atoms with Crippen LogP contribution in [-0.2, 0) is 0 Å². The molecular formula is C10H12Cl2F3N. The van der Waals surface area contributed by atoms with Crippen molar-refractivity contribution in [1.82, 2.24) is 0 Å². The highest BCUT2D eigenvalue weighted by atomic mass is 35.5. The number of nitrogens with two attached hydrogens (primary N) is 1. The van der Waals surface area contributed by atoms with Crippen molar-refractivity contribution in [3.8, 4) is 0 Å². The molecule has 0 unspecified atom stereocenters. The van der Waals surface area contributed by atoms with Crippen molar-refractivity contribution in [2.75, 3.05) is 0 Å². The lowest BCUT2D eigenvalue weighted by Crippen LogP contribution is -2.20. The van der Waals surface area contributed by atoms with Crippen molar-refractivity contribution in [2.45, 2.75) is 25.6 Å². The average molecular weight is 274 g/mol. The Morgan fingerprint density at radius 2 is 1.94 bits per heavy atom. The molecule has 0 spiro atoms. The molecule has 92 valence electrons. The fourth-order valence-corrected chi connectivity index (χ4v) is 1.40. The van der Waals surface area contributed by atoms with Crippen molar-refractivity contribution in [3.63, 3.8) is 0 Å². The minimum absolute atomic E-state index is 0. The summed E-state index contributed by atoms with van der Waals surface area (Å²) in [6.07, 6.45) is -5.29. The summed E-state index contributed by atoms with van der Waals surface area (Å²) in [4.78, 5) is 0. The summed E-state index contributed by atoms with van der Waals surface area (Å²) in [6, 6.07) is 3.65. The van der Waals surface area contributed by atoms with E-state index in [2.05, 4.69) is 0 Å². The quantitative estimate of drug-likeness (QED) is 0.865. The monoisotopic (exact) mass is 273 g/mol. The van der Waals surface area contributed by atoms with E-state index in [1.807, 2.05) is 0 Å². The Morgan fingerprint density at radius 1 is 1.38 bits per heavy atom. The number of rotatable bonds is 2. The van der Waals surface area contributed by atoms with Crippen molar-refractivity contribution < 1.29 is 13.2 Å². The van der Waals surface area contributed by atoms with Gasteiger partial charge in [-0.3, -0.25) is 0 Å². The molecule has 1 rings (SSSR count). The number of benzene rings is 1. The first-order valence-electron chi connectivity index (χ1n) is 4.38. The third-order valence-corrected chi connectivity index (χ3v) is 2.48. The lowest BCUT2D eigenvalue weighted by atomic mass is 10.0. The molecule has 2 N–H and O–H groups in total. The van der Waals surface area contributed by atoms with Crippen molar-refractivity contribution in [1.29, 1.82) is 0 Å². The van der Waals surface area contributed by atoms with Gasteiger partial charge in [0.15, 0.2) is 0 Å². The highest BCUT2D eigenvalue weighted by molar-refractivity contribution is 6.31. The van der Waals surface area contributed by atoms with Gasteiger partial charge in [-0.1, -0.05) is 23.7 Å². The fraction of sp³-hybridized carbons (Fsp3) is 0.400. The molecule has 1 aromatic rings. The zero-order valence-corrected chi connectivity index (χ0v) is 10.1. The number of alkyl halides is 3. The Labute approximate surface area is 103 Å². The molecule has 0 saturated heterocycles. The predicted molar refractivity (Wildman–Crippen MR) is 61.0 cm³/mol. The van der Waals surface area contributed by atoms with Crippen LogP contribution < -0.4 is 5.73 Å². The highest BCUT2D eigenvalue weighted by Crippen LogP contribution is 2.29. The highest BCUT2D eigenvalue weighted by Gasteiger charge is 2.30. The maximum atomic E-state index is 12.1. The van der Waals surface area contributed by atoms with Gasteiger partial charge in [0, 0.05) is 11.1 Å². The van der Waals surface area contributed by atoms with Gasteiger partial charge in [-0.25, -0.2) is 0 Å². The third kappa shape index (κ3) is 4.60. The number of halogens is 5. The second-order valence-electron chi connectivity index (χ2n) is 3.43. The molecule has 0 aliphatic carbocycles. The van der Waals surface area contributed by atoms with Crippen LogP contribution in [0.3, 0.4) is 0 Å². The van der Waals surface area contributed by atoms with Gasteiger partial charge >= 0.3 is 6.18 Å². The summed E-state index contributed by atoms with van der Waals surface area (Å²) in [5, 5.41) is 0.435. The van der Waals surface area contributed by atoms with E-state index in [1.54, 1.807) is 19.1 Å². The van der Waals surface area contributed by atoms with Crippen LogP contribution in [0.25, 0.3) is 0 Å². The molecule has 0 radical (unpaired) electrons. The molecule has 0 aliphatic rings. The molecule has 0 aliphatic heterocycles. The summed E-state index contributed by atoms with van der Waals surface area (Å²) >= 11 is 5.79. The predicted octanol–water partition coefficient (Wildman–Crippen LogP) is 4.02. The summed E-state index contributed by atoms with van der Waals surface area (Å²) in [5.41, 5.74) is 6.65. The van der Waals surface area contributed by atoms with Crippen LogP contribution in [0.15, 0.2) is 18.2 Å². The molecule has 1 nitrogen and oxygen atoms in total. The van der Waals surface area contributed by atoms with Crippen molar-refractivity contribution >= 4 is 24.0 Å². The second-order valence-corrected chi connectivity index (χ2v) is 3.84. The van der Waals surface area contributed by atoms with E-state index in [0.29, 0.717) is 10.6 Å². The van der Waals surface area contributed by atoms with Crippen LogP contribution in [0.4, 0.5) is 13.2 Å². The molecule has 16 heavy (non-hydrogen) atoms. The van der Waals surface area contributed by atoms with Crippen LogP contribution in [0.1, 0.15) is 23.6 Å². The normalized spacial score (nSPS) is 13.1. The van der Waals surface area contributed by atoms with Gasteiger partial charge in [-0.15, -0.1) is 12.4 Å². The lowest BCUT2D eigenvalue weighted by Gasteiger charge is -2.15. The van der Waals surface area contributed by atoms with Gasteiger partial charge < -0.3 is 5.73 Å². The van der Waals surface area contributed by atoms with Crippen LogP contribution in [-0.4, -0.2) is 6.18 Å². The fourth-order valence-electron chi connectivity index (χ4n) is 1.21. The lowest BCUT2D eigenvalue weighted by molar-refractivity contribution is -0.138. The maximum Gasteiger partial charge on any atom is 0.390 e. The third-order valence-electron chi connectivity index (χ3n) is 2.08. The van der Waals surface area contributed by atoms with Gasteiger partial charge in [0.1, 0.15) is 0 Å². The Balaban J connectivity index is 0.00000225. The van der Waals surface area contributed by atoms with Crippen LogP contribution in [0.5, 0.6) is 0 Å². The molecule has 0 heterocycles. The standard InChI is InChI=1S/C10H11ClF3N.ClH/c1-6-2-3-7(4-8(6)11)9(15)5-10(12,13)14;/h2-4,9H,5,15H2,1H3;1H/t9-;/m1./s1. The first-order valence-corrected chi connectivity index (χ1v) is 4.76. The van der Waals surface area contributed by atoms with Crippen LogP contribution >= 0.6 is 24.0 Å². The minimum Gasteiger partial charge on any atom is -0.324 e. The van der Waals surface area contributed by atoms with Gasteiger partial charge in [-0.2, -0.15) is 13.2 Å². The Hall–Kier alpha value is -0.450. The summed E-state index contributed by atoms with van der Waals surface area (Å²) in [5.74, 6) is 0. The van der Waals surface area contributed by atoms with Gasteiger partial charge in [0.25, 0.3) is 0 Å².